The second kappa shape index (κ2) is 5.89. The van der Waals surface area contributed by atoms with Gasteiger partial charge in [-0.1, -0.05) is 13.3 Å². The molecular formula is C10H17NO2S. The van der Waals surface area contributed by atoms with E-state index >= 15 is 0 Å². The van der Waals surface area contributed by atoms with Crippen molar-refractivity contribution in [2.75, 3.05) is 0 Å². The molecule has 0 saturated heterocycles. The Hall–Kier alpha value is -0.730. The van der Waals surface area contributed by atoms with Crippen molar-refractivity contribution >= 4 is 23.3 Å². The molecule has 0 aromatic heterocycles. The van der Waals surface area contributed by atoms with Gasteiger partial charge in [-0.3, -0.25) is 0 Å². The molecule has 0 aliphatic rings. The molecule has 0 spiro atoms. The van der Waals surface area contributed by atoms with Gasteiger partial charge in [0.25, 0.3) is 0 Å². The van der Waals surface area contributed by atoms with Crippen molar-refractivity contribution in [3.05, 3.63) is 0 Å². The topological polar surface area (TPSA) is 38.7 Å². The third-order valence-electron chi connectivity index (χ3n) is 1.45. The van der Waals surface area contributed by atoms with Crippen LogP contribution in [0.25, 0.3) is 0 Å². The Kier molecular flexibility index (Phi) is 5.58. The minimum Gasteiger partial charge on any atom is -0.458 e. The fraction of sp³-hybridized carbons (Fsp3) is 0.800. The van der Waals surface area contributed by atoms with Crippen LogP contribution in [0.1, 0.15) is 40.5 Å². The monoisotopic (exact) mass is 215 g/mol. The highest BCUT2D eigenvalue weighted by atomic mass is 32.1. The number of carbonyl (C=O) groups is 1. The van der Waals surface area contributed by atoms with E-state index in [-0.39, 0.29) is 5.97 Å². The first-order chi connectivity index (χ1) is 6.40. The molecule has 0 aliphatic carbocycles. The summed E-state index contributed by atoms with van der Waals surface area (Å²) in [5.74, 6) is -0.322. The minimum atomic E-state index is -0.489. The zero-order chi connectivity index (χ0) is 11.2. The molecule has 0 aliphatic heterocycles. The van der Waals surface area contributed by atoms with Crippen molar-refractivity contribution in [1.29, 1.82) is 0 Å². The van der Waals surface area contributed by atoms with Crippen LogP contribution in [0, 0.1) is 0 Å². The maximum atomic E-state index is 11.5. The molecule has 0 bridgehead atoms. The molecule has 0 amide bonds. The lowest BCUT2D eigenvalue weighted by Crippen LogP contribution is -2.30. The van der Waals surface area contributed by atoms with Crippen LogP contribution >= 0.6 is 12.2 Å². The summed E-state index contributed by atoms with van der Waals surface area (Å²) >= 11 is 4.48. The van der Waals surface area contributed by atoms with Gasteiger partial charge in [0, 0.05) is 0 Å². The predicted octanol–water partition coefficient (Wildman–Crippen LogP) is 2.60. The quantitative estimate of drug-likeness (QED) is 0.411. The SMILES string of the molecule is CCCC(N=C=S)C(=O)OC(C)(C)C. The molecule has 80 valence electrons. The van der Waals surface area contributed by atoms with E-state index in [1.165, 1.54) is 0 Å². The molecule has 0 aromatic carbocycles. The first-order valence-corrected chi connectivity index (χ1v) is 5.11. The van der Waals surface area contributed by atoms with Gasteiger partial charge >= 0.3 is 5.97 Å². The van der Waals surface area contributed by atoms with Gasteiger partial charge in [0.2, 0.25) is 0 Å². The molecule has 3 nitrogen and oxygen atoms in total. The van der Waals surface area contributed by atoms with Gasteiger partial charge in [-0.25, -0.2) is 9.79 Å². The summed E-state index contributed by atoms with van der Waals surface area (Å²) in [6.45, 7) is 7.47. The highest BCUT2D eigenvalue weighted by molar-refractivity contribution is 7.78. The van der Waals surface area contributed by atoms with E-state index in [4.69, 9.17) is 4.74 Å². The van der Waals surface area contributed by atoms with E-state index in [1.807, 2.05) is 27.7 Å². The molecular weight excluding hydrogens is 198 g/mol. The highest BCUT2D eigenvalue weighted by Crippen LogP contribution is 2.12. The van der Waals surface area contributed by atoms with Crippen LogP contribution in [0.5, 0.6) is 0 Å². The van der Waals surface area contributed by atoms with Crippen LogP contribution in [0.3, 0.4) is 0 Å². The van der Waals surface area contributed by atoms with E-state index in [0.29, 0.717) is 6.42 Å². The predicted molar refractivity (Wildman–Crippen MR) is 59.6 cm³/mol. The van der Waals surface area contributed by atoms with Crippen molar-refractivity contribution in [3.63, 3.8) is 0 Å². The molecule has 4 heteroatoms. The number of rotatable bonds is 4. The molecule has 14 heavy (non-hydrogen) atoms. The van der Waals surface area contributed by atoms with Gasteiger partial charge in [0.05, 0.1) is 5.16 Å². The first kappa shape index (κ1) is 13.3. The molecule has 1 unspecified atom stereocenters. The number of esters is 1. The minimum absolute atomic E-state index is 0.322. The highest BCUT2D eigenvalue weighted by Gasteiger charge is 2.23. The van der Waals surface area contributed by atoms with E-state index < -0.39 is 11.6 Å². The normalized spacial score (nSPS) is 12.9. The van der Waals surface area contributed by atoms with E-state index in [2.05, 4.69) is 22.4 Å². The lowest BCUT2D eigenvalue weighted by molar-refractivity contribution is -0.156. The van der Waals surface area contributed by atoms with Crippen LogP contribution in [-0.4, -0.2) is 22.8 Å². The van der Waals surface area contributed by atoms with E-state index in [9.17, 15) is 4.79 Å². The third-order valence-corrected chi connectivity index (χ3v) is 1.55. The maximum Gasteiger partial charge on any atom is 0.332 e. The lowest BCUT2D eigenvalue weighted by atomic mass is 10.1. The molecule has 0 heterocycles. The number of hydrogen-bond donors (Lipinski definition) is 0. The number of carbonyl (C=O) groups excluding carboxylic acids is 1. The Morgan fingerprint density at radius 1 is 1.57 bits per heavy atom. The smallest absolute Gasteiger partial charge is 0.332 e. The van der Waals surface area contributed by atoms with Gasteiger partial charge in [-0.15, -0.1) is 0 Å². The number of hydrogen-bond acceptors (Lipinski definition) is 4. The Morgan fingerprint density at radius 2 is 2.14 bits per heavy atom. The molecule has 0 fully saturated rings. The fourth-order valence-corrected chi connectivity index (χ4v) is 1.07. The van der Waals surface area contributed by atoms with Crippen LogP contribution in [0.15, 0.2) is 4.99 Å². The molecule has 0 rings (SSSR count). The van der Waals surface area contributed by atoms with E-state index in [0.717, 1.165) is 6.42 Å². The summed E-state index contributed by atoms with van der Waals surface area (Å²) in [6, 6.07) is -0.489. The van der Waals surface area contributed by atoms with Gasteiger partial charge in [0.1, 0.15) is 5.60 Å². The van der Waals surface area contributed by atoms with Crippen molar-refractivity contribution < 1.29 is 9.53 Å². The molecule has 0 saturated carbocycles. The summed E-state index contributed by atoms with van der Waals surface area (Å²) in [7, 11) is 0. The molecule has 0 aromatic rings. The zero-order valence-electron chi connectivity index (χ0n) is 9.16. The Morgan fingerprint density at radius 3 is 2.50 bits per heavy atom. The average Bonchev–Trinajstić information content (AvgIpc) is 2.01. The Bertz CT molecular complexity index is 239. The van der Waals surface area contributed by atoms with Gasteiger partial charge in [-0.2, -0.15) is 0 Å². The summed E-state index contributed by atoms with van der Waals surface area (Å²) in [4.78, 5) is 15.3. The van der Waals surface area contributed by atoms with Gasteiger partial charge in [0.15, 0.2) is 6.04 Å². The summed E-state index contributed by atoms with van der Waals surface area (Å²) in [5, 5.41) is 2.23. The van der Waals surface area contributed by atoms with Crippen molar-refractivity contribution in [3.8, 4) is 0 Å². The molecule has 0 N–H and O–H groups in total. The second-order valence-electron chi connectivity index (χ2n) is 4.06. The average molecular weight is 215 g/mol. The number of isothiocyanates is 1. The summed E-state index contributed by atoms with van der Waals surface area (Å²) in [5.41, 5.74) is -0.472. The Labute approximate surface area is 90.6 Å². The maximum absolute atomic E-state index is 11.5. The molecule has 1 atom stereocenters. The fourth-order valence-electron chi connectivity index (χ4n) is 0.942. The van der Waals surface area contributed by atoms with Crippen LogP contribution in [0.2, 0.25) is 0 Å². The van der Waals surface area contributed by atoms with Crippen molar-refractivity contribution in [1.82, 2.24) is 0 Å². The third kappa shape index (κ3) is 5.84. The van der Waals surface area contributed by atoms with Crippen LogP contribution < -0.4 is 0 Å². The van der Waals surface area contributed by atoms with Gasteiger partial charge in [-0.05, 0) is 39.4 Å². The lowest BCUT2D eigenvalue weighted by Gasteiger charge is -2.21. The zero-order valence-corrected chi connectivity index (χ0v) is 9.98. The number of thiocarbonyl (C=S) groups is 1. The Balaban J connectivity index is 4.37. The summed E-state index contributed by atoms with van der Waals surface area (Å²) in [6.07, 6.45) is 1.52. The van der Waals surface area contributed by atoms with E-state index in [1.54, 1.807) is 0 Å². The number of aliphatic imine (C=N–C) groups is 1. The van der Waals surface area contributed by atoms with Crippen molar-refractivity contribution in [2.24, 2.45) is 4.99 Å². The number of nitrogens with zero attached hydrogens (tertiary/aromatic N) is 1. The summed E-state index contributed by atoms with van der Waals surface area (Å²) < 4.78 is 5.19. The van der Waals surface area contributed by atoms with Crippen molar-refractivity contribution in [2.45, 2.75) is 52.2 Å². The standard InChI is InChI=1S/C10H17NO2S/c1-5-6-8(11-7-14)9(12)13-10(2,3)4/h8H,5-6H2,1-4H3. The number of ether oxygens (including phenoxy) is 1. The molecule has 0 radical (unpaired) electrons. The van der Waals surface area contributed by atoms with Crippen LogP contribution in [0.4, 0.5) is 0 Å². The largest absolute Gasteiger partial charge is 0.458 e. The van der Waals surface area contributed by atoms with Gasteiger partial charge < -0.3 is 4.74 Å². The van der Waals surface area contributed by atoms with Crippen LogP contribution in [-0.2, 0) is 9.53 Å². The second-order valence-corrected chi connectivity index (χ2v) is 4.24. The first-order valence-electron chi connectivity index (χ1n) is 4.70.